The molecule has 0 spiro atoms. The van der Waals surface area contributed by atoms with Gasteiger partial charge in [-0.3, -0.25) is 4.79 Å². The van der Waals surface area contributed by atoms with Crippen LogP contribution in [0, 0.1) is 11.7 Å². The lowest BCUT2D eigenvalue weighted by molar-refractivity contribution is 0.0698. The Balaban J connectivity index is 1.58. The van der Waals surface area contributed by atoms with Gasteiger partial charge in [-0.1, -0.05) is 18.2 Å². The van der Waals surface area contributed by atoms with Crippen molar-refractivity contribution >= 4 is 15.7 Å². The number of amides is 1. The van der Waals surface area contributed by atoms with Crippen LogP contribution >= 0.6 is 0 Å². The van der Waals surface area contributed by atoms with Crippen molar-refractivity contribution in [1.82, 2.24) is 4.90 Å². The highest BCUT2D eigenvalue weighted by Crippen LogP contribution is 2.23. The van der Waals surface area contributed by atoms with E-state index in [1.54, 1.807) is 35.2 Å². The van der Waals surface area contributed by atoms with Gasteiger partial charge < -0.3 is 4.90 Å². The van der Waals surface area contributed by atoms with E-state index in [4.69, 9.17) is 0 Å². The van der Waals surface area contributed by atoms with E-state index in [2.05, 4.69) is 0 Å². The van der Waals surface area contributed by atoms with Crippen LogP contribution in [-0.4, -0.2) is 38.1 Å². The van der Waals surface area contributed by atoms with Crippen molar-refractivity contribution in [3.8, 4) is 0 Å². The molecule has 0 aliphatic carbocycles. The Kier molecular flexibility index (Phi) is 5.18. The van der Waals surface area contributed by atoms with Crippen LogP contribution in [0.25, 0.3) is 0 Å². The fourth-order valence-electron chi connectivity index (χ4n) is 3.11. The molecule has 0 aromatic heterocycles. The molecule has 1 saturated heterocycles. The minimum absolute atomic E-state index is 0.0440. The average molecular weight is 361 g/mol. The van der Waals surface area contributed by atoms with Crippen LogP contribution in [0.1, 0.15) is 23.2 Å². The van der Waals surface area contributed by atoms with Crippen LogP contribution in [0.4, 0.5) is 4.39 Å². The summed E-state index contributed by atoms with van der Waals surface area (Å²) in [7, 11) is -3.30. The third-order valence-electron chi connectivity index (χ3n) is 4.55. The Morgan fingerprint density at radius 1 is 1.00 bits per heavy atom. The largest absolute Gasteiger partial charge is 0.339 e. The van der Waals surface area contributed by atoms with Crippen molar-refractivity contribution in [1.29, 1.82) is 0 Å². The molecular weight excluding hydrogens is 341 g/mol. The zero-order valence-corrected chi connectivity index (χ0v) is 14.6. The molecule has 1 aliphatic rings. The van der Waals surface area contributed by atoms with Crippen molar-refractivity contribution in [3.63, 3.8) is 0 Å². The van der Waals surface area contributed by atoms with E-state index in [0.29, 0.717) is 36.4 Å². The Hall–Kier alpha value is -2.21. The van der Waals surface area contributed by atoms with Gasteiger partial charge in [0.05, 0.1) is 10.6 Å². The first-order valence-corrected chi connectivity index (χ1v) is 9.93. The second-order valence-electron chi connectivity index (χ2n) is 6.34. The number of halogens is 1. The van der Waals surface area contributed by atoms with Crippen molar-refractivity contribution in [2.24, 2.45) is 5.92 Å². The molecule has 0 atom stereocenters. The molecule has 0 radical (unpaired) electrons. The van der Waals surface area contributed by atoms with Gasteiger partial charge in [-0.2, -0.15) is 0 Å². The molecule has 6 heteroatoms. The fourth-order valence-corrected chi connectivity index (χ4v) is 4.83. The summed E-state index contributed by atoms with van der Waals surface area (Å²) in [5.74, 6) is -0.358. The van der Waals surface area contributed by atoms with E-state index in [1.807, 2.05) is 0 Å². The predicted octanol–water partition coefficient (Wildman–Crippen LogP) is 3.15. The first-order valence-electron chi connectivity index (χ1n) is 8.28. The summed E-state index contributed by atoms with van der Waals surface area (Å²) in [4.78, 5) is 14.5. The van der Waals surface area contributed by atoms with Gasteiger partial charge in [0.1, 0.15) is 5.82 Å². The molecular formula is C19H20FNO3S. The normalized spacial score (nSPS) is 16.0. The summed E-state index contributed by atoms with van der Waals surface area (Å²) in [6.07, 6.45) is 1.30. The van der Waals surface area contributed by atoms with E-state index < -0.39 is 9.84 Å². The van der Waals surface area contributed by atoms with Gasteiger partial charge in [-0.25, -0.2) is 12.8 Å². The minimum atomic E-state index is -3.30. The quantitative estimate of drug-likeness (QED) is 0.841. The number of benzene rings is 2. The fraction of sp³-hybridized carbons (Fsp3) is 0.316. The maximum Gasteiger partial charge on any atom is 0.253 e. The standard InChI is InChI=1S/C19H20FNO3S/c20-17-8-6-16(7-9-17)19(22)21-12-10-15(11-13-21)14-25(23,24)18-4-2-1-3-5-18/h1-9,15H,10-14H2. The molecule has 4 nitrogen and oxygen atoms in total. The van der Waals surface area contributed by atoms with Crippen LogP contribution < -0.4 is 0 Å². The second-order valence-corrected chi connectivity index (χ2v) is 8.37. The number of hydrogen-bond donors (Lipinski definition) is 0. The molecule has 2 aromatic carbocycles. The molecule has 1 heterocycles. The van der Waals surface area contributed by atoms with E-state index in [0.717, 1.165) is 0 Å². The van der Waals surface area contributed by atoms with Gasteiger partial charge >= 0.3 is 0 Å². The molecule has 1 aliphatic heterocycles. The van der Waals surface area contributed by atoms with Gasteiger partial charge in [0.15, 0.2) is 9.84 Å². The monoisotopic (exact) mass is 361 g/mol. The highest BCUT2D eigenvalue weighted by Gasteiger charge is 2.27. The third kappa shape index (κ3) is 4.25. The maximum absolute atomic E-state index is 13.0. The molecule has 0 saturated carbocycles. The molecule has 25 heavy (non-hydrogen) atoms. The number of rotatable bonds is 4. The highest BCUT2D eigenvalue weighted by molar-refractivity contribution is 7.91. The topological polar surface area (TPSA) is 54.5 Å². The van der Waals surface area contributed by atoms with E-state index >= 15 is 0 Å². The Morgan fingerprint density at radius 2 is 1.60 bits per heavy atom. The van der Waals surface area contributed by atoms with Crippen molar-refractivity contribution in [3.05, 3.63) is 66.0 Å². The summed E-state index contributed by atoms with van der Waals surface area (Å²) in [6, 6.07) is 13.9. The van der Waals surface area contributed by atoms with Crippen molar-refractivity contribution in [2.75, 3.05) is 18.8 Å². The predicted molar refractivity (Wildman–Crippen MR) is 93.5 cm³/mol. The van der Waals surface area contributed by atoms with Crippen LogP contribution in [0.2, 0.25) is 0 Å². The lowest BCUT2D eigenvalue weighted by Crippen LogP contribution is -2.39. The number of hydrogen-bond acceptors (Lipinski definition) is 3. The zero-order chi connectivity index (χ0) is 17.9. The lowest BCUT2D eigenvalue weighted by atomic mass is 9.98. The summed E-state index contributed by atoms with van der Waals surface area (Å²) >= 11 is 0. The third-order valence-corrected chi connectivity index (χ3v) is 6.45. The molecule has 1 amide bonds. The first-order chi connectivity index (χ1) is 12.0. The molecule has 3 rings (SSSR count). The van der Waals surface area contributed by atoms with Gasteiger partial charge in [0.25, 0.3) is 5.91 Å². The first kappa shape index (κ1) is 17.6. The number of sulfone groups is 1. The Bertz CT molecular complexity index is 827. The minimum Gasteiger partial charge on any atom is -0.339 e. The Labute approximate surface area is 147 Å². The molecule has 132 valence electrons. The average Bonchev–Trinajstić information content (AvgIpc) is 2.63. The Morgan fingerprint density at radius 3 is 2.20 bits per heavy atom. The number of likely N-dealkylation sites (tertiary alicyclic amines) is 1. The molecule has 0 N–H and O–H groups in total. The number of piperidine rings is 1. The summed E-state index contributed by atoms with van der Waals surface area (Å²) in [6.45, 7) is 1.04. The maximum atomic E-state index is 13.0. The number of carbonyl (C=O) groups is 1. The molecule has 2 aromatic rings. The summed E-state index contributed by atoms with van der Waals surface area (Å²) < 4.78 is 37.9. The summed E-state index contributed by atoms with van der Waals surface area (Å²) in [5.41, 5.74) is 0.455. The smallest absolute Gasteiger partial charge is 0.253 e. The van der Waals surface area contributed by atoms with Gasteiger partial charge in [-0.15, -0.1) is 0 Å². The molecule has 0 unspecified atom stereocenters. The van der Waals surface area contributed by atoms with Crippen molar-refractivity contribution < 1.29 is 17.6 Å². The summed E-state index contributed by atoms with van der Waals surface area (Å²) in [5, 5.41) is 0. The van der Waals surface area contributed by atoms with Crippen LogP contribution in [0.3, 0.4) is 0 Å². The zero-order valence-electron chi connectivity index (χ0n) is 13.8. The van der Waals surface area contributed by atoms with Crippen LogP contribution in [0.15, 0.2) is 59.5 Å². The van der Waals surface area contributed by atoms with Gasteiger partial charge in [-0.05, 0) is 55.2 Å². The highest BCUT2D eigenvalue weighted by atomic mass is 32.2. The van der Waals surface area contributed by atoms with Crippen LogP contribution in [-0.2, 0) is 9.84 Å². The lowest BCUT2D eigenvalue weighted by Gasteiger charge is -2.32. The molecule has 0 bridgehead atoms. The van der Waals surface area contributed by atoms with Crippen molar-refractivity contribution in [2.45, 2.75) is 17.7 Å². The van der Waals surface area contributed by atoms with E-state index in [-0.39, 0.29) is 23.4 Å². The van der Waals surface area contributed by atoms with E-state index in [1.165, 1.54) is 24.3 Å². The number of carbonyl (C=O) groups excluding carboxylic acids is 1. The van der Waals surface area contributed by atoms with Gasteiger partial charge in [0, 0.05) is 18.7 Å². The van der Waals surface area contributed by atoms with Gasteiger partial charge in [0.2, 0.25) is 0 Å². The second kappa shape index (κ2) is 7.35. The van der Waals surface area contributed by atoms with Crippen LogP contribution in [0.5, 0.6) is 0 Å². The number of nitrogens with zero attached hydrogens (tertiary/aromatic N) is 1. The molecule has 1 fully saturated rings. The van der Waals surface area contributed by atoms with E-state index in [9.17, 15) is 17.6 Å². The SMILES string of the molecule is O=C(c1ccc(F)cc1)N1CCC(CS(=O)(=O)c2ccccc2)CC1.